The number of halogens is 1. The van der Waals surface area contributed by atoms with Crippen LogP contribution in [0.25, 0.3) is 0 Å². The predicted octanol–water partition coefficient (Wildman–Crippen LogP) is 1.44. The van der Waals surface area contributed by atoms with E-state index in [0.29, 0.717) is 10.1 Å². The van der Waals surface area contributed by atoms with Gasteiger partial charge in [-0.3, -0.25) is 0 Å². The second-order valence-electron chi connectivity index (χ2n) is 4.59. The predicted molar refractivity (Wildman–Crippen MR) is 87.9 cm³/mol. The molecule has 0 aliphatic carbocycles. The molecule has 0 radical (unpaired) electrons. The molecule has 0 atom stereocenters. The summed E-state index contributed by atoms with van der Waals surface area (Å²) < 4.78 is 56.3. The Bertz CT molecular complexity index is 888. The summed E-state index contributed by atoms with van der Waals surface area (Å²) in [6.45, 7) is 1.38. The summed E-state index contributed by atoms with van der Waals surface area (Å²) in [5.74, 6) is 0.547. The van der Waals surface area contributed by atoms with Crippen LogP contribution in [0.3, 0.4) is 0 Å². The molecule has 0 aliphatic heterocycles. The van der Waals surface area contributed by atoms with Crippen molar-refractivity contribution in [3.63, 3.8) is 0 Å². The molecular formula is C11H14ClN3O5S3. The molecule has 2 aromatic rings. The van der Waals surface area contributed by atoms with Crippen LogP contribution in [0.15, 0.2) is 26.9 Å². The molecule has 2 heterocycles. The van der Waals surface area contributed by atoms with Crippen molar-refractivity contribution in [2.45, 2.75) is 11.1 Å². The maximum atomic E-state index is 12.1. The van der Waals surface area contributed by atoms with E-state index in [2.05, 4.69) is 9.88 Å². The minimum absolute atomic E-state index is 0.0608. The largest absolute Gasteiger partial charge is 0.360 e. The first kappa shape index (κ1) is 18.2. The molecule has 0 spiro atoms. The first-order valence-electron chi connectivity index (χ1n) is 6.25. The van der Waals surface area contributed by atoms with E-state index in [0.717, 1.165) is 21.9 Å². The van der Waals surface area contributed by atoms with E-state index < -0.39 is 20.0 Å². The molecule has 2 aromatic heterocycles. The Morgan fingerprint density at radius 1 is 1.35 bits per heavy atom. The summed E-state index contributed by atoms with van der Waals surface area (Å²) in [6.07, 6.45) is 1.00. The van der Waals surface area contributed by atoms with Crippen molar-refractivity contribution < 1.29 is 21.4 Å². The molecule has 1 N–H and O–H groups in total. The van der Waals surface area contributed by atoms with Crippen LogP contribution >= 0.6 is 22.9 Å². The van der Waals surface area contributed by atoms with Gasteiger partial charge >= 0.3 is 0 Å². The monoisotopic (exact) mass is 399 g/mol. The summed E-state index contributed by atoms with van der Waals surface area (Å²) in [5, 5.41) is 3.64. The summed E-state index contributed by atoms with van der Waals surface area (Å²) in [5.41, 5.74) is 0. The lowest BCUT2D eigenvalue weighted by Crippen LogP contribution is -2.38. The van der Waals surface area contributed by atoms with Gasteiger partial charge in [-0.25, -0.2) is 25.9 Å². The number of nitrogens with one attached hydrogen (secondary N) is 1. The van der Waals surface area contributed by atoms with Gasteiger partial charge in [-0.1, -0.05) is 16.8 Å². The molecule has 12 heteroatoms. The van der Waals surface area contributed by atoms with E-state index in [4.69, 9.17) is 16.1 Å². The fraction of sp³-hybridized carbons (Fsp3) is 0.364. The Labute approximate surface area is 143 Å². The van der Waals surface area contributed by atoms with Crippen molar-refractivity contribution in [3.05, 3.63) is 28.3 Å². The van der Waals surface area contributed by atoms with Crippen LogP contribution in [0, 0.1) is 6.92 Å². The third-order valence-electron chi connectivity index (χ3n) is 2.69. The van der Waals surface area contributed by atoms with Crippen LogP contribution < -0.4 is 9.03 Å². The van der Waals surface area contributed by atoms with Gasteiger partial charge < -0.3 is 4.52 Å². The third kappa shape index (κ3) is 4.67. The Balaban J connectivity index is 2.08. The Hall–Kier alpha value is -1.14. The molecule has 0 saturated carbocycles. The molecule has 0 unspecified atom stereocenters. The van der Waals surface area contributed by atoms with Gasteiger partial charge in [0.2, 0.25) is 20.0 Å². The molecule has 8 nitrogen and oxygen atoms in total. The maximum absolute atomic E-state index is 12.1. The molecule has 0 aromatic carbocycles. The lowest BCUT2D eigenvalue weighted by molar-refractivity contribution is 0.398. The summed E-state index contributed by atoms with van der Waals surface area (Å²) in [7, 11) is -7.36. The van der Waals surface area contributed by atoms with Gasteiger partial charge in [-0.15, -0.1) is 11.3 Å². The quantitative estimate of drug-likeness (QED) is 0.754. The minimum atomic E-state index is -3.74. The zero-order valence-corrected chi connectivity index (χ0v) is 15.4. The molecule has 0 aliphatic rings. The summed E-state index contributed by atoms with van der Waals surface area (Å²) in [4.78, 5) is 0. The highest BCUT2D eigenvalue weighted by molar-refractivity contribution is 7.92. The molecule has 0 amide bonds. The average molecular weight is 400 g/mol. The van der Waals surface area contributed by atoms with Crippen LogP contribution in [-0.2, 0) is 20.0 Å². The molecular weight excluding hydrogens is 386 g/mol. The zero-order chi connectivity index (χ0) is 17.3. The van der Waals surface area contributed by atoms with Crippen molar-refractivity contribution in [2.75, 3.05) is 23.7 Å². The average Bonchev–Trinajstić information content (AvgIpc) is 3.02. The van der Waals surface area contributed by atoms with E-state index in [1.54, 1.807) is 6.92 Å². The van der Waals surface area contributed by atoms with Gasteiger partial charge in [0.25, 0.3) is 0 Å². The van der Waals surface area contributed by atoms with Crippen LogP contribution in [-0.4, -0.2) is 41.3 Å². The van der Waals surface area contributed by atoms with Gasteiger partial charge in [0.15, 0.2) is 5.82 Å². The SMILES string of the molecule is Cc1cc(N(CCNS(=O)(=O)c2ccc(Cl)s2)S(C)(=O)=O)no1. The van der Waals surface area contributed by atoms with Crippen molar-refractivity contribution >= 4 is 48.8 Å². The van der Waals surface area contributed by atoms with Gasteiger partial charge in [-0.2, -0.15) is 0 Å². The van der Waals surface area contributed by atoms with Crippen molar-refractivity contribution in [3.8, 4) is 0 Å². The molecule has 0 fully saturated rings. The highest BCUT2D eigenvalue weighted by atomic mass is 35.5. The third-order valence-corrected chi connectivity index (χ3v) is 7.05. The molecule has 2 rings (SSSR count). The number of sulfonamides is 2. The van der Waals surface area contributed by atoms with E-state index in [-0.39, 0.29) is 23.1 Å². The standard InChI is InChI=1S/C11H14ClN3O5S3/c1-8-7-10(14-20-8)15(22(2,16)17)6-5-13-23(18,19)11-4-3-9(12)21-11/h3-4,7,13H,5-6H2,1-2H3. The number of hydrogen-bond donors (Lipinski definition) is 1. The maximum Gasteiger partial charge on any atom is 0.250 e. The van der Waals surface area contributed by atoms with E-state index >= 15 is 0 Å². The Morgan fingerprint density at radius 2 is 2.04 bits per heavy atom. The van der Waals surface area contributed by atoms with Crippen LogP contribution in [0.2, 0.25) is 4.34 Å². The van der Waals surface area contributed by atoms with Gasteiger partial charge in [0.05, 0.1) is 10.6 Å². The second kappa shape index (κ2) is 6.77. The lowest BCUT2D eigenvalue weighted by atomic mass is 10.5. The smallest absolute Gasteiger partial charge is 0.250 e. The van der Waals surface area contributed by atoms with E-state index in [1.807, 2.05) is 0 Å². The number of nitrogens with zero attached hydrogens (tertiary/aromatic N) is 2. The minimum Gasteiger partial charge on any atom is -0.360 e. The number of anilines is 1. The zero-order valence-electron chi connectivity index (χ0n) is 12.2. The number of thiophene rings is 1. The van der Waals surface area contributed by atoms with Gasteiger partial charge in [-0.05, 0) is 19.1 Å². The fourth-order valence-corrected chi connectivity index (χ4v) is 5.11. The summed E-state index contributed by atoms with van der Waals surface area (Å²) in [6, 6.07) is 4.31. The Kier molecular flexibility index (Phi) is 5.36. The van der Waals surface area contributed by atoms with Crippen LogP contribution in [0.4, 0.5) is 5.82 Å². The molecule has 0 saturated heterocycles. The van der Waals surface area contributed by atoms with Crippen molar-refractivity contribution in [2.24, 2.45) is 0 Å². The highest BCUT2D eigenvalue weighted by Gasteiger charge is 2.22. The molecule has 128 valence electrons. The molecule has 23 heavy (non-hydrogen) atoms. The van der Waals surface area contributed by atoms with Crippen molar-refractivity contribution in [1.29, 1.82) is 0 Å². The van der Waals surface area contributed by atoms with Gasteiger partial charge in [0.1, 0.15) is 9.97 Å². The molecule has 0 bridgehead atoms. The topological polar surface area (TPSA) is 110 Å². The van der Waals surface area contributed by atoms with E-state index in [1.165, 1.54) is 18.2 Å². The second-order valence-corrected chi connectivity index (χ2v) is 10.2. The van der Waals surface area contributed by atoms with Gasteiger partial charge in [0, 0.05) is 19.2 Å². The van der Waals surface area contributed by atoms with Crippen LogP contribution in [0.5, 0.6) is 0 Å². The first-order valence-corrected chi connectivity index (χ1v) is 10.8. The Morgan fingerprint density at radius 3 is 2.52 bits per heavy atom. The number of aromatic nitrogens is 1. The van der Waals surface area contributed by atoms with E-state index in [9.17, 15) is 16.8 Å². The first-order chi connectivity index (χ1) is 10.6. The number of hydrogen-bond acceptors (Lipinski definition) is 7. The van der Waals surface area contributed by atoms with Crippen LogP contribution in [0.1, 0.15) is 5.76 Å². The lowest BCUT2D eigenvalue weighted by Gasteiger charge is -2.19. The number of rotatable bonds is 7. The normalized spacial score (nSPS) is 12.5. The summed E-state index contributed by atoms with van der Waals surface area (Å²) >= 11 is 6.63. The number of aryl methyl sites for hydroxylation is 1. The van der Waals surface area contributed by atoms with Crippen molar-refractivity contribution in [1.82, 2.24) is 9.88 Å². The highest BCUT2D eigenvalue weighted by Crippen LogP contribution is 2.25. The fourth-order valence-electron chi connectivity index (χ4n) is 1.72.